The molecule has 1 aromatic carbocycles. The molecule has 0 saturated carbocycles. The molecule has 3 rings (SSSR count). The van der Waals surface area contributed by atoms with Crippen LogP contribution < -0.4 is 10.1 Å². The fourth-order valence-electron chi connectivity index (χ4n) is 2.51. The summed E-state index contributed by atoms with van der Waals surface area (Å²) in [6.45, 7) is 3.18. The van der Waals surface area contributed by atoms with Gasteiger partial charge in [0.1, 0.15) is 5.75 Å². The van der Waals surface area contributed by atoms with Gasteiger partial charge in [0.15, 0.2) is 6.61 Å². The molecule has 2 amide bonds. The lowest BCUT2D eigenvalue weighted by atomic mass is 10.2. The van der Waals surface area contributed by atoms with Gasteiger partial charge >= 0.3 is 0 Å². The maximum Gasteiger partial charge on any atom is 0.260 e. The molecule has 24 heavy (non-hydrogen) atoms. The molecule has 2 heterocycles. The first-order valence-corrected chi connectivity index (χ1v) is 7.83. The number of benzene rings is 1. The van der Waals surface area contributed by atoms with Crippen molar-refractivity contribution >= 4 is 11.8 Å². The predicted molar refractivity (Wildman–Crippen MR) is 88.7 cm³/mol. The predicted octanol–water partition coefficient (Wildman–Crippen LogP) is 1.54. The molecule has 0 saturated heterocycles. The fraction of sp³-hybridized carbons (Fsp3) is 0.278. The van der Waals surface area contributed by atoms with Crippen molar-refractivity contribution in [1.29, 1.82) is 0 Å². The monoisotopic (exact) mass is 325 g/mol. The van der Waals surface area contributed by atoms with E-state index in [-0.39, 0.29) is 18.4 Å². The standard InChI is InChI=1S/C18H19N3O3/c1-13-6-7-14(10-20-13)18(23)19-8-9-21-11-15-4-2-3-5-16(15)24-12-17(21)22/h2-7,10H,8-9,11-12H2,1H3,(H,19,23). The van der Waals surface area contributed by atoms with Gasteiger partial charge in [-0.25, -0.2) is 0 Å². The highest BCUT2D eigenvalue weighted by molar-refractivity contribution is 5.93. The van der Waals surface area contributed by atoms with Crippen LogP contribution in [0.25, 0.3) is 0 Å². The number of ether oxygens (including phenoxy) is 1. The molecule has 6 nitrogen and oxygen atoms in total. The van der Waals surface area contributed by atoms with Gasteiger partial charge in [0.25, 0.3) is 11.8 Å². The molecule has 6 heteroatoms. The molecule has 0 atom stereocenters. The highest BCUT2D eigenvalue weighted by Crippen LogP contribution is 2.22. The van der Waals surface area contributed by atoms with Gasteiger partial charge in [-0.2, -0.15) is 0 Å². The van der Waals surface area contributed by atoms with Crippen molar-refractivity contribution in [3.05, 3.63) is 59.4 Å². The van der Waals surface area contributed by atoms with Gasteiger partial charge in [0.2, 0.25) is 0 Å². The summed E-state index contributed by atoms with van der Waals surface area (Å²) in [5.74, 6) is 0.460. The molecule has 1 aromatic heterocycles. The Hall–Kier alpha value is -2.89. The Bertz CT molecular complexity index is 743. The van der Waals surface area contributed by atoms with Crippen molar-refractivity contribution < 1.29 is 14.3 Å². The minimum absolute atomic E-state index is 0.0207. The number of nitrogens with one attached hydrogen (secondary N) is 1. The second-order valence-corrected chi connectivity index (χ2v) is 5.66. The molecule has 2 aromatic rings. The van der Waals surface area contributed by atoms with E-state index < -0.39 is 0 Å². The number of carbonyl (C=O) groups excluding carboxylic acids is 2. The van der Waals surface area contributed by atoms with Crippen LogP contribution in [-0.2, 0) is 11.3 Å². The van der Waals surface area contributed by atoms with E-state index in [0.29, 0.717) is 25.2 Å². The first-order chi connectivity index (χ1) is 11.6. The number of para-hydroxylation sites is 1. The molecule has 1 aliphatic heterocycles. The van der Waals surface area contributed by atoms with Crippen LogP contribution in [-0.4, -0.2) is 41.4 Å². The number of pyridine rings is 1. The molecule has 0 unspecified atom stereocenters. The minimum Gasteiger partial charge on any atom is -0.483 e. The van der Waals surface area contributed by atoms with E-state index in [4.69, 9.17) is 4.74 Å². The van der Waals surface area contributed by atoms with Gasteiger partial charge in [0, 0.05) is 37.1 Å². The van der Waals surface area contributed by atoms with Gasteiger partial charge in [-0.3, -0.25) is 14.6 Å². The Labute approximate surface area is 140 Å². The van der Waals surface area contributed by atoms with Crippen LogP contribution in [0, 0.1) is 6.92 Å². The second-order valence-electron chi connectivity index (χ2n) is 5.66. The summed E-state index contributed by atoms with van der Waals surface area (Å²) < 4.78 is 5.51. The Kier molecular flexibility index (Phi) is 4.74. The Balaban J connectivity index is 1.57. The van der Waals surface area contributed by atoms with E-state index in [1.54, 1.807) is 23.2 Å². The average Bonchev–Trinajstić information content (AvgIpc) is 2.75. The second kappa shape index (κ2) is 7.12. The quantitative estimate of drug-likeness (QED) is 0.925. The first kappa shape index (κ1) is 16.0. The summed E-state index contributed by atoms with van der Waals surface area (Å²) >= 11 is 0. The van der Waals surface area contributed by atoms with E-state index in [9.17, 15) is 9.59 Å². The number of hydrogen-bond donors (Lipinski definition) is 1. The van der Waals surface area contributed by atoms with Gasteiger partial charge in [-0.15, -0.1) is 0 Å². The number of aryl methyl sites for hydroxylation is 1. The third-order valence-electron chi connectivity index (χ3n) is 3.88. The number of amides is 2. The number of nitrogens with zero attached hydrogens (tertiary/aromatic N) is 2. The number of rotatable bonds is 4. The van der Waals surface area contributed by atoms with E-state index in [0.717, 1.165) is 17.0 Å². The van der Waals surface area contributed by atoms with Crippen molar-refractivity contribution in [3.63, 3.8) is 0 Å². The molecule has 0 fully saturated rings. The third-order valence-corrected chi connectivity index (χ3v) is 3.88. The van der Waals surface area contributed by atoms with Crippen LogP contribution in [0.15, 0.2) is 42.6 Å². The molecular weight excluding hydrogens is 306 g/mol. The topological polar surface area (TPSA) is 71.5 Å². The van der Waals surface area contributed by atoms with Crippen LogP contribution in [0.1, 0.15) is 21.6 Å². The zero-order chi connectivity index (χ0) is 16.9. The third kappa shape index (κ3) is 3.71. The lowest BCUT2D eigenvalue weighted by molar-refractivity contribution is -0.133. The number of aromatic nitrogens is 1. The van der Waals surface area contributed by atoms with E-state index in [1.165, 1.54) is 0 Å². The Morgan fingerprint density at radius 3 is 2.92 bits per heavy atom. The van der Waals surface area contributed by atoms with Crippen molar-refractivity contribution in [2.75, 3.05) is 19.7 Å². The SMILES string of the molecule is Cc1ccc(C(=O)NCCN2Cc3ccccc3OCC2=O)cn1. The lowest BCUT2D eigenvalue weighted by Crippen LogP contribution is -2.39. The van der Waals surface area contributed by atoms with E-state index in [2.05, 4.69) is 10.3 Å². The first-order valence-electron chi connectivity index (χ1n) is 7.83. The maximum atomic E-state index is 12.1. The lowest BCUT2D eigenvalue weighted by Gasteiger charge is -2.20. The summed E-state index contributed by atoms with van der Waals surface area (Å²) in [6.07, 6.45) is 1.55. The van der Waals surface area contributed by atoms with Crippen LogP contribution >= 0.6 is 0 Å². The molecular formula is C18H19N3O3. The van der Waals surface area contributed by atoms with Crippen LogP contribution in [0.5, 0.6) is 5.75 Å². The molecule has 0 spiro atoms. The zero-order valence-electron chi connectivity index (χ0n) is 13.5. The van der Waals surface area contributed by atoms with Crippen LogP contribution in [0.3, 0.4) is 0 Å². The highest BCUT2D eigenvalue weighted by Gasteiger charge is 2.21. The molecule has 1 N–H and O–H groups in total. The van der Waals surface area contributed by atoms with Crippen molar-refractivity contribution in [2.45, 2.75) is 13.5 Å². The minimum atomic E-state index is -0.193. The molecule has 0 radical (unpaired) electrons. The van der Waals surface area contributed by atoms with Gasteiger partial charge in [0.05, 0.1) is 5.56 Å². The van der Waals surface area contributed by atoms with Crippen molar-refractivity contribution in [2.24, 2.45) is 0 Å². The molecule has 124 valence electrons. The van der Waals surface area contributed by atoms with Crippen molar-refractivity contribution in [3.8, 4) is 5.75 Å². The summed E-state index contributed by atoms with van der Waals surface area (Å²) in [5.41, 5.74) is 2.34. The summed E-state index contributed by atoms with van der Waals surface area (Å²) in [6, 6.07) is 11.1. The Morgan fingerprint density at radius 2 is 2.12 bits per heavy atom. The summed E-state index contributed by atoms with van der Waals surface area (Å²) in [5, 5.41) is 2.82. The van der Waals surface area contributed by atoms with E-state index >= 15 is 0 Å². The number of fused-ring (bicyclic) bond motifs is 1. The fourth-order valence-corrected chi connectivity index (χ4v) is 2.51. The molecule has 0 aliphatic carbocycles. The normalized spacial score (nSPS) is 13.7. The largest absolute Gasteiger partial charge is 0.483 e. The summed E-state index contributed by atoms with van der Waals surface area (Å²) in [4.78, 5) is 30.0. The molecule has 1 aliphatic rings. The zero-order valence-corrected chi connectivity index (χ0v) is 13.5. The van der Waals surface area contributed by atoms with Crippen LogP contribution in [0.2, 0.25) is 0 Å². The number of carbonyl (C=O) groups is 2. The summed E-state index contributed by atoms with van der Waals surface area (Å²) in [7, 11) is 0. The maximum absolute atomic E-state index is 12.1. The highest BCUT2D eigenvalue weighted by atomic mass is 16.5. The average molecular weight is 325 g/mol. The van der Waals surface area contributed by atoms with Crippen LogP contribution in [0.4, 0.5) is 0 Å². The molecule has 0 bridgehead atoms. The van der Waals surface area contributed by atoms with Crippen molar-refractivity contribution in [1.82, 2.24) is 15.2 Å². The van der Waals surface area contributed by atoms with Gasteiger partial charge < -0.3 is 15.0 Å². The van der Waals surface area contributed by atoms with E-state index in [1.807, 2.05) is 31.2 Å². The number of hydrogen-bond acceptors (Lipinski definition) is 4. The van der Waals surface area contributed by atoms with Gasteiger partial charge in [-0.1, -0.05) is 18.2 Å². The Morgan fingerprint density at radius 1 is 1.29 bits per heavy atom. The van der Waals surface area contributed by atoms with Gasteiger partial charge in [-0.05, 0) is 25.1 Å². The smallest absolute Gasteiger partial charge is 0.260 e.